The summed E-state index contributed by atoms with van der Waals surface area (Å²) in [7, 11) is 0. The first-order valence-corrected chi connectivity index (χ1v) is 13.8. The average molecular weight is 553 g/mol. The van der Waals surface area contributed by atoms with Crippen LogP contribution in [0.5, 0.6) is 5.75 Å². The number of halogens is 3. The van der Waals surface area contributed by atoms with Crippen LogP contribution in [0.25, 0.3) is 10.2 Å². The van der Waals surface area contributed by atoms with E-state index in [1.165, 1.54) is 35.9 Å². The van der Waals surface area contributed by atoms with Crippen LogP contribution in [-0.2, 0) is 17.0 Å². The van der Waals surface area contributed by atoms with Crippen molar-refractivity contribution < 1.29 is 27.4 Å². The number of nitrogens with zero attached hydrogens (tertiary/aromatic N) is 2. The fraction of sp³-hybridized carbons (Fsp3) is 0.423. The van der Waals surface area contributed by atoms with Crippen molar-refractivity contribution in [3.05, 3.63) is 62.3 Å². The zero-order valence-electron chi connectivity index (χ0n) is 20.5. The molecular weight excluding hydrogens is 525 g/mol. The molecule has 0 saturated heterocycles. The van der Waals surface area contributed by atoms with Crippen molar-refractivity contribution in [2.75, 3.05) is 6.61 Å². The molecule has 0 N–H and O–H groups in total. The van der Waals surface area contributed by atoms with Crippen LogP contribution in [0.1, 0.15) is 59.8 Å². The Morgan fingerprint density at radius 2 is 1.97 bits per heavy atom. The van der Waals surface area contributed by atoms with Gasteiger partial charge in [0.05, 0.1) is 12.0 Å². The Labute approximate surface area is 220 Å². The lowest BCUT2D eigenvalue weighted by Crippen LogP contribution is -2.24. The Morgan fingerprint density at radius 3 is 2.62 bits per heavy atom. The minimum Gasteiger partial charge on any atom is -0.462 e. The van der Waals surface area contributed by atoms with Gasteiger partial charge in [0.2, 0.25) is 0 Å². The second kappa shape index (κ2) is 11.7. The molecule has 2 heterocycles. The molecule has 0 saturated carbocycles. The molecule has 4 rings (SSSR count). The van der Waals surface area contributed by atoms with Gasteiger partial charge >= 0.3 is 12.3 Å². The maximum Gasteiger partial charge on any atom is 0.573 e. The Hall–Kier alpha value is -2.79. The number of hydrogen-bond donors (Lipinski definition) is 0. The molecule has 2 aromatic heterocycles. The standard InChI is InChI=1S/C26H27F3N2O4S2/c1-3-34-24(33)21-16(2)20-22(37-21)30-25(31(23(20)32)14-13-17-7-5-4-6-8-17)36-15-18-9-11-19(12-10-18)35-26(27,28)29/h7,9-12H,3-6,8,13-15H2,1-2H3. The predicted molar refractivity (Wildman–Crippen MR) is 138 cm³/mol. The SMILES string of the molecule is CCOC(=O)c1sc2nc(SCc3ccc(OC(F)(F)F)cc3)n(CCC3=CCCCC3)c(=O)c2c1C. The highest BCUT2D eigenvalue weighted by atomic mass is 32.2. The van der Waals surface area contributed by atoms with Crippen molar-refractivity contribution in [3.8, 4) is 5.75 Å². The highest BCUT2D eigenvalue weighted by Crippen LogP contribution is 2.32. The van der Waals surface area contributed by atoms with E-state index in [1.807, 2.05) is 0 Å². The van der Waals surface area contributed by atoms with E-state index in [4.69, 9.17) is 9.72 Å². The lowest BCUT2D eigenvalue weighted by atomic mass is 9.97. The maximum absolute atomic E-state index is 13.6. The van der Waals surface area contributed by atoms with Crippen molar-refractivity contribution in [2.45, 2.75) is 69.8 Å². The number of allylic oxidation sites excluding steroid dienone is 2. The summed E-state index contributed by atoms with van der Waals surface area (Å²) in [6, 6.07) is 5.62. The second-order valence-electron chi connectivity index (χ2n) is 8.65. The van der Waals surface area contributed by atoms with Crippen LogP contribution in [0.3, 0.4) is 0 Å². The molecule has 0 atom stereocenters. The molecule has 0 fully saturated rings. The van der Waals surface area contributed by atoms with Gasteiger partial charge in [0.25, 0.3) is 5.56 Å². The number of carbonyl (C=O) groups excluding carboxylic acids is 1. The number of ether oxygens (including phenoxy) is 2. The van der Waals surface area contributed by atoms with Gasteiger partial charge in [-0.15, -0.1) is 24.5 Å². The van der Waals surface area contributed by atoms with Crippen LogP contribution in [0, 0.1) is 6.92 Å². The van der Waals surface area contributed by atoms with E-state index in [9.17, 15) is 22.8 Å². The van der Waals surface area contributed by atoms with Crippen molar-refractivity contribution in [1.29, 1.82) is 0 Å². The number of rotatable bonds is 9. The first-order valence-electron chi connectivity index (χ1n) is 12.0. The third-order valence-electron chi connectivity index (χ3n) is 6.04. The molecule has 11 heteroatoms. The van der Waals surface area contributed by atoms with E-state index in [1.54, 1.807) is 30.5 Å². The summed E-state index contributed by atoms with van der Waals surface area (Å²) in [6.07, 6.45) is 2.61. The fourth-order valence-corrected chi connectivity index (χ4v) is 6.32. The largest absolute Gasteiger partial charge is 0.573 e. The topological polar surface area (TPSA) is 70.4 Å². The minimum atomic E-state index is -4.75. The van der Waals surface area contributed by atoms with Crippen LogP contribution in [-0.4, -0.2) is 28.5 Å². The van der Waals surface area contributed by atoms with Gasteiger partial charge in [0.15, 0.2) is 5.16 Å². The van der Waals surface area contributed by atoms with Gasteiger partial charge in [-0.05, 0) is 69.2 Å². The lowest BCUT2D eigenvalue weighted by molar-refractivity contribution is -0.274. The first-order chi connectivity index (χ1) is 17.7. The molecule has 0 amide bonds. The Bertz CT molecular complexity index is 1360. The van der Waals surface area contributed by atoms with Gasteiger partial charge in [-0.2, -0.15) is 0 Å². The minimum absolute atomic E-state index is 0.206. The number of aromatic nitrogens is 2. The molecule has 0 bridgehead atoms. The van der Waals surface area contributed by atoms with Gasteiger partial charge in [-0.1, -0.05) is 35.5 Å². The quantitative estimate of drug-likeness (QED) is 0.123. The number of aryl methyl sites for hydroxylation is 1. The van der Waals surface area contributed by atoms with E-state index in [0.29, 0.717) is 38.1 Å². The van der Waals surface area contributed by atoms with E-state index < -0.39 is 12.3 Å². The summed E-state index contributed by atoms with van der Waals surface area (Å²) in [5.74, 6) is -0.377. The first kappa shape index (κ1) is 27.3. The van der Waals surface area contributed by atoms with Crippen LogP contribution >= 0.6 is 23.1 Å². The monoisotopic (exact) mass is 552 g/mol. The summed E-state index contributed by atoms with van der Waals surface area (Å²) in [5.41, 5.74) is 2.44. The van der Waals surface area contributed by atoms with Crippen molar-refractivity contribution in [1.82, 2.24) is 9.55 Å². The van der Waals surface area contributed by atoms with E-state index in [2.05, 4.69) is 10.8 Å². The molecule has 3 aromatic rings. The number of esters is 1. The number of carbonyl (C=O) groups is 1. The highest BCUT2D eigenvalue weighted by molar-refractivity contribution is 7.98. The van der Waals surface area contributed by atoms with Gasteiger partial charge in [-0.25, -0.2) is 9.78 Å². The Morgan fingerprint density at radius 1 is 1.22 bits per heavy atom. The fourth-order valence-electron chi connectivity index (χ4n) is 4.22. The summed E-state index contributed by atoms with van der Waals surface area (Å²) < 4.78 is 48.1. The number of hydrogen-bond acceptors (Lipinski definition) is 7. The molecule has 198 valence electrons. The van der Waals surface area contributed by atoms with Crippen molar-refractivity contribution >= 4 is 39.3 Å². The Kier molecular flexibility index (Phi) is 8.63. The number of thioether (sulfide) groups is 1. The van der Waals surface area contributed by atoms with Gasteiger partial charge < -0.3 is 9.47 Å². The molecule has 0 aliphatic heterocycles. The predicted octanol–water partition coefficient (Wildman–Crippen LogP) is 7.02. The van der Waals surface area contributed by atoms with Gasteiger partial charge in [-0.3, -0.25) is 9.36 Å². The lowest BCUT2D eigenvalue weighted by Gasteiger charge is -2.16. The maximum atomic E-state index is 13.6. The molecule has 6 nitrogen and oxygen atoms in total. The third kappa shape index (κ3) is 6.75. The zero-order valence-corrected chi connectivity index (χ0v) is 22.2. The van der Waals surface area contributed by atoms with Crippen LogP contribution in [0.2, 0.25) is 0 Å². The number of thiophene rings is 1. The number of fused-ring (bicyclic) bond motifs is 1. The van der Waals surface area contributed by atoms with Crippen molar-refractivity contribution in [2.24, 2.45) is 0 Å². The third-order valence-corrected chi connectivity index (χ3v) is 8.26. The van der Waals surface area contributed by atoms with E-state index in [0.717, 1.165) is 42.6 Å². The van der Waals surface area contributed by atoms with E-state index >= 15 is 0 Å². The molecule has 0 unspecified atom stereocenters. The highest BCUT2D eigenvalue weighted by Gasteiger charge is 2.31. The number of alkyl halides is 3. The smallest absolute Gasteiger partial charge is 0.462 e. The van der Waals surface area contributed by atoms with Crippen LogP contribution in [0.4, 0.5) is 13.2 Å². The second-order valence-corrected chi connectivity index (χ2v) is 10.6. The summed E-state index contributed by atoms with van der Waals surface area (Å²) in [4.78, 5) is 31.7. The van der Waals surface area contributed by atoms with Crippen LogP contribution < -0.4 is 10.3 Å². The molecule has 1 aliphatic rings. The van der Waals surface area contributed by atoms with Gasteiger partial charge in [0, 0.05) is 12.3 Å². The molecule has 37 heavy (non-hydrogen) atoms. The summed E-state index contributed by atoms with van der Waals surface area (Å²) in [5, 5.41) is 0.921. The normalized spacial score (nSPS) is 14.0. The molecule has 0 spiro atoms. The number of benzene rings is 1. The summed E-state index contributed by atoms with van der Waals surface area (Å²) in [6.45, 7) is 4.15. The van der Waals surface area contributed by atoms with Gasteiger partial charge in [0.1, 0.15) is 15.5 Å². The van der Waals surface area contributed by atoms with Crippen molar-refractivity contribution in [3.63, 3.8) is 0 Å². The average Bonchev–Trinajstić information content (AvgIpc) is 3.19. The molecule has 1 aliphatic carbocycles. The Balaban J connectivity index is 1.64. The molecule has 1 aromatic carbocycles. The zero-order chi connectivity index (χ0) is 26.6. The summed E-state index contributed by atoms with van der Waals surface area (Å²) >= 11 is 2.47. The van der Waals surface area contributed by atoms with E-state index in [-0.39, 0.29) is 17.9 Å². The molecular formula is C26H27F3N2O4S2. The van der Waals surface area contributed by atoms with Crippen LogP contribution in [0.15, 0.2) is 45.9 Å². The molecule has 0 radical (unpaired) electrons.